The number of unbranched alkanes of at least 4 members (excludes halogenated alkanes) is 18. The fraction of sp³-hybridized carbons (Fsp3) is 0.929. The normalized spacial score (nSPS) is 11.7. The molecular formula is C28H55IN+. The van der Waals surface area contributed by atoms with Gasteiger partial charge in [-0.25, -0.2) is 0 Å². The van der Waals surface area contributed by atoms with Gasteiger partial charge in [-0.2, -0.15) is 0 Å². The summed E-state index contributed by atoms with van der Waals surface area (Å²) < 4.78 is 2.34. The Hall–Kier alpha value is 0.250. The van der Waals surface area contributed by atoms with Gasteiger partial charge in [-0.05, 0) is 54.2 Å². The lowest BCUT2D eigenvalue weighted by Gasteiger charge is -2.35. The zero-order valence-electron chi connectivity index (χ0n) is 20.9. The van der Waals surface area contributed by atoms with Crippen LogP contribution in [0.5, 0.6) is 0 Å². The van der Waals surface area contributed by atoms with Crippen molar-refractivity contribution in [3.8, 4) is 12.3 Å². The molecule has 0 aromatic carbocycles. The van der Waals surface area contributed by atoms with Gasteiger partial charge in [-0.1, -0.05) is 117 Å². The molecule has 0 radical (unpaired) electrons. The number of nitrogens with zero attached hydrogens (tertiary/aromatic N) is 1. The Morgan fingerprint density at radius 2 is 0.833 bits per heavy atom. The molecule has 0 saturated carbocycles. The van der Waals surface area contributed by atoms with Gasteiger partial charge in [0.1, 0.15) is 11.1 Å². The van der Waals surface area contributed by atoms with Crippen LogP contribution < -0.4 is 0 Å². The van der Waals surface area contributed by atoms with Crippen LogP contribution in [0.15, 0.2) is 0 Å². The molecule has 0 atom stereocenters. The van der Waals surface area contributed by atoms with Gasteiger partial charge < -0.3 is 4.48 Å². The molecular weight excluding hydrogens is 477 g/mol. The number of hydrogen-bond acceptors (Lipinski definition) is 0. The van der Waals surface area contributed by atoms with Crippen molar-refractivity contribution < 1.29 is 4.48 Å². The summed E-state index contributed by atoms with van der Waals surface area (Å²) in [6.07, 6.45) is 34.1. The molecule has 0 rings (SSSR count). The molecule has 178 valence electrons. The Bertz CT molecular complexity index is 349. The molecule has 0 aliphatic rings. The lowest BCUT2D eigenvalue weighted by Crippen LogP contribution is -2.48. The third kappa shape index (κ3) is 19.0. The monoisotopic (exact) mass is 532 g/mol. The maximum absolute atomic E-state index is 5.76. The molecule has 0 aliphatic carbocycles. The van der Waals surface area contributed by atoms with Crippen LogP contribution in [0.3, 0.4) is 0 Å². The van der Waals surface area contributed by atoms with E-state index in [1.807, 2.05) is 0 Å². The molecule has 0 aromatic heterocycles. The van der Waals surface area contributed by atoms with Crippen molar-refractivity contribution in [1.82, 2.24) is 0 Å². The van der Waals surface area contributed by atoms with E-state index in [4.69, 9.17) is 6.42 Å². The summed E-state index contributed by atoms with van der Waals surface area (Å²) in [6.45, 7) is 8.11. The predicted molar refractivity (Wildman–Crippen MR) is 146 cm³/mol. The minimum absolute atomic E-state index is 0.928. The first-order valence-corrected chi connectivity index (χ1v) is 15.1. The Morgan fingerprint density at radius 1 is 0.533 bits per heavy atom. The minimum atomic E-state index is 0.928. The SMILES string of the molecule is C#CC[N+](CI)(CCCCCCCCCCCC)CCCCCCCCCCCC. The first-order chi connectivity index (χ1) is 14.7. The van der Waals surface area contributed by atoms with E-state index >= 15 is 0 Å². The largest absolute Gasteiger partial charge is 0.305 e. The van der Waals surface area contributed by atoms with E-state index in [2.05, 4.69) is 42.4 Å². The molecule has 0 aromatic rings. The maximum Gasteiger partial charge on any atom is 0.141 e. The third-order valence-corrected chi connectivity index (χ3v) is 8.10. The quantitative estimate of drug-likeness (QED) is 0.0290. The fourth-order valence-corrected chi connectivity index (χ4v) is 5.42. The van der Waals surface area contributed by atoms with Crippen LogP contribution in [0.25, 0.3) is 0 Å². The first-order valence-electron chi connectivity index (χ1n) is 13.6. The highest BCUT2D eigenvalue weighted by molar-refractivity contribution is 14.1. The van der Waals surface area contributed by atoms with Gasteiger partial charge in [0.2, 0.25) is 0 Å². The summed E-state index contributed by atoms with van der Waals surface area (Å²) in [7, 11) is 0. The van der Waals surface area contributed by atoms with Gasteiger partial charge >= 0.3 is 0 Å². The van der Waals surface area contributed by atoms with Crippen molar-refractivity contribution in [2.24, 2.45) is 0 Å². The predicted octanol–water partition coefficient (Wildman–Crippen LogP) is 9.67. The molecule has 0 saturated heterocycles. The third-order valence-electron chi connectivity index (χ3n) is 6.65. The van der Waals surface area contributed by atoms with Gasteiger partial charge in [-0.3, -0.25) is 0 Å². The number of terminal acetylenes is 1. The molecule has 0 amide bonds. The number of quaternary nitrogens is 1. The van der Waals surface area contributed by atoms with E-state index < -0.39 is 0 Å². The van der Waals surface area contributed by atoms with Crippen molar-refractivity contribution in [3.63, 3.8) is 0 Å². The fourth-order valence-electron chi connectivity index (χ4n) is 4.49. The van der Waals surface area contributed by atoms with E-state index in [1.54, 1.807) is 0 Å². The highest BCUT2D eigenvalue weighted by Crippen LogP contribution is 2.18. The summed E-state index contributed by atoms with van der Waals surface area (Å²) in [6, 6.07) is 0. The van der Waals surface area contributed by atoms with Gasteiger partial charge in [0.15, 0.2) is 0 Å². The number of hydrogen-bond donors (Lipinski definition) is 0. The Labute approximate surface area is 205 Å². The molecule has 0 unspecified atom stereocenters. The molecule has 0 heterocycles. The van der Waals surface area contributed by atoms with E-state index in [0.29, 0.717) is 0 Å². The summed E-state index contributed by atoms with van der Waals surface area (Å²) in [5, 5.41) is 0. The Kier molecular flexibility index (Phi) is 24.1. The average molecular weight is 533 g/mol. The maximum atomic E-state index is 5.76. The number of alkyl halides is 1. The van der Waals surface area contributed by atoms with Gasteiger partial charge in [0.25, 0.3) is 0 Å². The van der Waals surface area contributed by atoms with Gasteiger partial charge in [0.05, 0.1) is 13.1 Å². The molecule has 0 fully saturated rings. The van der Waals surface area contributed by atoms with Crippen LogP contribution in [-0.4, -0.2) is 28.7 Å². The summed E-state index contributed by atoms with van der Waals surface area (Å²) in [4.78, 5) is 0. The van der Waals surface area contributed by atoms with Crippen molar-refractivity contribution in [2.75, 3.05) is 24.2 Å². The van der Waals surface area contributed by atoms with Crippen molar-refractivity contribution >= 4 is 22.6 Å². The number of halogens is 1. The average Bonchev–Trinajstić information content (AvgIpc) is 2.76. The smallest absolute Gasteiger partial charge is 0.141 e. The number of rotatable bonds is 24. The van der Waals surface area contributed by atoms with Crippen LogP contribution in [0, 0.1) is 12.3 Å². The Balaban J connectivity index is 3.79. The lowest BCUT2D eigenvalue weighted by molar-refractivity contribution is -0.906. The summed E-state index contributed by atoms with van der Waals surface area (Å²) in [5.41, 5.74) is 0. The van der Waals surface area contributed by atoms with Crippen molar-refractivity contribution in [3.05, 3.63) is 0 Å². The molecule has 0 aliphatic heterocycles. The summed E-state index contributed by atoms with van der Waals surface area (Å²) >= 11 is 2.58. The van der Waals surface area contributed by atoms with Crippen LogP contribution in [0.1, 0.15) is 142 Å². The highest BCUT2D eigenvalue weighted by Gasteiger charge is 2.23. The van der Waals surface area contributed by atoms with Crippen LogP contribution in [0.4, 0.5) is 0 Å². The van der Waals surface area contributed by atoms with Gasteiger partial charge in [0, 0.05) is 0 Å². The van der Waals surface area contributed by atoms with Crippen LogP contribution >= 0.6 is 22.6 Å². The van der Waals surface area contributed by atoms with E-state index in [0.717, 1.165) is 11.0 Å². The zero-order chi connectivity index (χ0) is 22.2. The topological polar surface area (TPSA) is 0 Å². The molecule has 0 N–H and O–H groups in total. The second-order valence-electron chi connectivity index (χ2n) is 9.63. The highest BCUT2D eigenvalue weighted by atomic mass is 127. The molecule has 0 spiro atoms. The lowest BCUT2D eigenvalue weighted by atomic mass is 10.1. The van der Waals surface area contributed by atoms with E-state index in [-0.39, 0.29) is 0 Å². The summed E-state index contributed by atoms with van der Waals surface area (Å²) in [5.74, 6) is 3.00. The van der Waals surface area contributed by atoms with Crippen LogP contribution in [-0.2, 0) is 0 Å². The van der Waals surface area contributed by atoms with Gasteiger partial charge in [-0.15, -0.1) is 6.42 Å². The van der Waals surface area contributed by atoms with Crippen molar-refractivity contribution in [1.29, 1.82) is 0 Å². The molecule has 2 heteroatoms. The second-order valence-corrected chi connectivity index (χ2v) is 10.3. The second kappa shape index (κ2) is 23.9. The minimum Gasteiger partial charge on any atom is -0.305 e. The zero-order valence-corrected chi connectivity index (χ0v) is 23.0. The van der Waals surface area contributed by atoms with Crippen LogP contribution in [0.2, 0.25) is 0 Å². The molecule has 0 bridgehead atoms. The first kappa shape index (κ1) is 30.2. The van der Waals surface area contributed by atoms with E-state index in [9.17, 15) is 0 Å². The van der Waals surface area contributed by atoms with E-state index in [1.165, 1.54) is 146 Å². The molecule has 30 heavy (non-hydrogen) atoms. The standard InChI is InChI=1S/C28H55IN/c1-4-7-9-11-13-15-17-19-21-23-26-30(28-29,25-6-3)27-24-22-20-18-16-14-12-10-8-5-2/h3H,4-5,7-28H2,1-2H3/q+1. The Morgan fingerprint density at radius 3 is 1.10 bits per heavy atom. The molecule has 1 nitrogen and oxygen atoms in total. The van der Waals surface area contributed by atoms with Crippen molar-refractivity contribution in [2.45, 2.75) is 142 Å².